The van der Waals surface area contributed by atoms with E-state index in [1.165, 1.54) is 23.4 Å². The molecule has 1 aromatic heterocycles. The van der Waals surface area contributed by atoms with Gasteiger partial charge in [-0.25, -0.2) is 0 Å². The van der Waals surface area contributed by atoms with Crippen LogP contribution in [-0.2, 0) is 6.54 Å². The van der Waals surface area contributed by atoms with Crippen molar-refractivity contribution in [3.8, 4) is 0 Å². The molecule has 0 unspecified atom stereocenters. The first-order chi connectivity index (χ1) is 10.3. The maximum absolute atomic E-state index is 12.5. The van der Waals surface area contributed by atoms with E-state index in [2.05, 4.69) is 10.2 Å². The van der Waals surface area contributed by atoms with Crippen molar-refractivity contribution in [3.63, 3.8) is 0 Å². The van der Waals surface area contributed by atoms with Crippen LogP contribution in [0, 0.1) is 0 Å². The van der Waals surface area contributed by atoms with E-state index in [-0.39, 0.29) is 5.91 Å². The number of hydrogen-bond acceptors (Lipinski definition) is 3. The molecule has 2 bridgehead atoms. The number of carbonyl (C=O) groups is 1. The molecule has 1 saturated heterocycles. The highest BCUT2D eigenvalue weighted by atomic mass is 32.1. The molecular weight excluding hydrogens is 280 g/mol. The lowest BCUT2D eigenvalue weighted by Gasteiger charge is -2.40. The van der Waals surface area contributed by atoms with Gasteiger partial charge in [-0.1, -0.05) is 30.3 Å². The Balaban J connectivity index is 1.53. The zero-order valence-corrected chi connectivity index (χ0v) is 12.7. The summed E-state index contributed by atoms with van der Waals surface area (Å²) < 4.78 is 0. The fraction of sp³-hybridized carbons (Fsp3) is 0.353. The molecule has 0 aliphatic carbocycles. The number of benzene rings is 1. The minimum atomic E-state index is 0.0742. The lowest BCUT2D eigenvalue weighted by molar-refractivity contribution is 0.0949. The monoisotopic (exact) mass is 298 g/mol. The molecule has 5 rings (SSSR count). The number of nitrogens with one attached hydrogen (secondary N) is 1. The number of amides is 1. The van der Waals surface area contributed by atoms with Gasteiger partial charge in [-0.3, -0.25) is 4.79 Å². The summed E-state index contributed by atoms with van der Waals surface area (Å²) in [6.45, 7) is 2.91. The van der Waals surface area contributed by atoms with E-state index in [0.29, 0.717) is 12.5 Å². The summed E-state index contributed by atoms with van der Waals surface area (Å²) in [4.78, 5) is 14.9. The van der Waals surface area contributed by atoms with Crippen molar-refractivity contribution < 1.29 is 4.79 Å². The Bertz CT molecular complexity index is 657. The number of fused-ring (bicyclic) bond motifs is 2. The third-order valence-electron chi connectivity index (χ3n) is 4.54. The number of carbonyl (C=O) groups excluding carboxylic acids is 1. The van der Waals surface area contributed by atoms with Crippen LogP contribution in [-0.4, -0.2) is 19.0 Å². The van der Waals surface area contributed by atoms with Crippen molar-refractivity contribution in [3.05, 3.63) is 52.4 Å². The maximum Gasteiger partial charge on any atom is 0.252 e. The highest BCUT2D eigenvalue weighted by molar-refractivity contribution is 7.14. The Morgan fingerprint density at radius 3 is 2.76 bits per heavy atom. The number of rotatable bonds is 3. The fourth-order valence-corrected chi connectivity index (χ4v) is 4.62. The molecule has 1 amide bonds. The highest BCUT2D eigenvalue weighted by Gasteiger charge is 2.35. The van der Waals surface area contributed by atoms with E-state index < -0.39 is 0 Å². The third kappa shape index (κ3) is 2.23. The fourth-order valence-electron chi connectivity index (χ4n) is 3.42. The quantitative estimate of drug-likeness (QED) is 0.942. The van der Waals surface area contributed by atoms with Crippen LogP contribution in [0.5, 0.6) is 0 Å². The summed E-state index contributed by atoms with van der Waals surface area (Å²) in [6.07, 6.45) is 2.39. The average molecular weight is 298 g/mol. The largest absolute Gasteiger partial charge is 0.363 e. The number of thiophene rings is 1. The van der Waals surface area contributed by atoms with Crippen LogP contribution in [0.1, 0.15) is 40.2 Å². The minimum absolute atomic E-state index is 0.0742. The van der Waals surface area contributed by atoms with Gasteiger partial charge in [-0.2, -0.15) is 0 Å². The minimum Gasteiger partial charge on any atom is -0.363 e. The molecule has 0 saturated carbocycles. The van der Waals surface area contributed by atoms with Crippen LogP contribution in [0.15, 0.2) is 35.7 Å². The van der Waals surface area contributed by atoms with E-state index in [1.54, 1.807) is 11.3 Å². The Morgan fingerprint density at radius 1 is 1.24 bits per heavy atom. The molecule has 0 spiro atoms. The number of nitrogens with zero attached hydrogens (tertiary/aromatic N) is 1. The van der Waals surface area contributed by atoms with E-state index in [1.807, 2.05) is 35.7 Å². The van der Waals surface area contributed by atoms with Gasteiger partial charge in [-0.05, 0) is 24.3 Å². The normalized spacial score (nSPS) is 16.9. The van der Waals surface area contributed by atoms with Crippen molar-refractivity contribution in [1.82, 2.24) is 5.32 Å². The third-order valence-corrected chi connectivity index (χ3v) is 5.59. The van der Waals surface area contributed by atoms with Gasteiger partial charge < -0.3 is 10.2 Å². The predicted molar refractivity (Wildman–Crippen MR) is 86.1 cm³/mol. The SMILES string of the molecule is O=C(NCc1ccccc1)c1csc2c1C1CCN2CC1. The summed E-state index contributed by atoms with van der Waals surface area (Å²) in [6, 6.07) is 10.1. The average Bonchev–Trinajstić information content (AvgIpc) is 3.02. The van der Waals surface area contributed by atoms with Crippen molar-refractivity contribution in [1.29, 1.82) is 0 Å². The molecule has 1 fully saturated rings. The first-order valence-electron chi connectivity index (χ1n) is 7.51. The van der Waals surface area contributed by atoms with Gasteiger partial charge in [0.05, 0.1) is 10.6 Å². The summed E-state index contributed by atoms with van der Waals surface area (Å²) in [5.41, 5.74) is 3.35. The summed E-state index contributed by atoms with van der Waals surface area (Å²) in [5, 5.41) is 6.44. The van der Waals surface area contributed by atoms with Crippen LogP contribution < -0.4 is 10.2 Å². The second kappa shape index (κ2) is 5.19. The summed E-state index contributed by atoms with van der Waals surface area (Å²) in [7, 11) is 0. The van der Waals surface area contributed by atoms with Crippen LogP contribution in [0.3, 0.4) is 0 Å². The molecule has 3 aliphatic rings. The first kappa shape index (κ1) is 12.9. The topological polar surface area (TPSA) is 32.3 Å². The zero-order chi connectivity index (χ0) is 14.2. The second-order valence-corrected chi connectivity index (χ2v) is 6.66. The van der Waals surface area contributed by atoms with Gasteiger partial charge in [0.1, 0.15) is 0 Å². The van der Waals surface area contributed by atoms with Gasteiger partial charge >= 0.3 is 0 Å². The molecule has 108 valence electrons. The van der Waals surface area contributed by atoms with Crippen molar-refractivity contribution in [2.75, 3.05) is 18.0 Å². The molecule has 1 N–H and O–H groups in total. The molecule has 3 aliphatic heterocycles. The van der Waals surface area contributed by atoms with E-state index in [4.69, 9.17) is 0 Å². The molecule has 4 heteroatoms. The van der Waals surface area contributed by atoms with Crippen molar-refractivity contribution >= 4 is 22.2 Å². The molecule has 1 aromatic carbocycles. The van der Waals surface area contributed by atoms with E-state index in [0.717, 1.165) is 24.2 Å². The lowest BCUT2D eigenvalue weighted by atomic mass is 9.84. The van der Waals surface area contributed by atoms with Crippen LogP contribution >= 0.6 is 11.3 Å². The van der Waals surface area contributed by atoms with E-state index in [9.17, 15) is 4.79 Å². The van der Waals surface area contributed by atoms with Gasteiger partial charge in [0.25, 0.3) is 5.91 Å². The zero-order valence-electron chi connectivity index (χ0n) is 11.8. The molecule has 3 nitrogen and oxygen atoms in total. The van der Waals surface area contributed by atoms with Crippen LogP contribution in [0.4, 0.5) is 5.00 Å². The number of hydrogen-bond donors (Lipinski definition) is 1. The molecule has 0 atom stereocenters. The standard InChI is InChI=1S/C17H18N2OS/c20-16(18-10-12-4-2-1-3-5-12)14-11-21-17-15(14)13-6-8-19(17)9-7-13/h1-5,11,13H,6-10H2,(H,18,20). The van der Waals surface area contributed by atoms with E-state index >= 15 is 0 Å². The first-order valence-corrected chi connectivity index (χ1v) is 8.39. The van der Waals surface area contributed by atoms with Gasteiger partial charge in [-0.15, -0.1) is 11.3 Å². The molecule has 0 radical (unpaired) electrons. The van der Waals surface area contributed by atoms with Crippen molar-refractivity contribution in [2.45, 2.75) is 25.3 Å². The molecule has 2 aromatic rings. The van der Waals surface area contributed by atoms with Gasteiger partial charge in [0.2, 0.25) is 0 Å². The number of anilines is 1. The molecule has 4 heterocycles. The second-order valence-electron chi connectivity index (χ2n) is 5.80. The lowest BCUT2D eigenvalue weighted by Crippen LogP contribution is -2.38. The number of piperidine rings is 1. The molecular formula is C17H18N2OS. The van der Waals surface area contributed by atoms with Gasteiger partial charge in [0, 0.05) is 30.6 Å². The summed E-state index contributed by atoms with van der Waals surface area (Å²) in [5.74, 6) is 0.666. The van der Waals surface area contributed by atoms with Crippen molar-refractivity contribution in [2.24, 2.45) is 0 Å². The van der Waals surface area contributed by atoms with Crippen LogP contribution in [0.25, 0.3) is 0 Å². The predicted octanol–water partition coefficient (Wildman–Crippen LogP) is 3.38. The smallest absolute Gasteiger partial charge is 0.252 e. The highest BCUT2D eigenvalue weighted by Crippen LogP contribution is 2.47. The maximum atomic E-state index is 12.5. The Morgan fingerprint density at radius 2 is 2.00 bits per heavy atom. The van der Waals surface area contributed by atoms with Gasteiger partial charge in [0.15, 0.2) is 0 Å². The Kier molecular flexibility index (Phi) is 3.19. The summed E-state index contributed by atoms with van der Waals surface area (Å²) >= 11 is 1.73. The Hall–Kier alpha value is -1.81. The van der Waals surface area contributed by atoms with Crippen LogP contribution in [0.2, 0.25) is 0 Å². The molecule has 21 heavy (non-hydrogen) atoms. The Labute approximate surface area is 128 Å².